The molecule has 1 atom stereocenters. The van der Waals surface area contributed by atoms with Gasteiger partial charge in [-0.3, -0.25) is 9.78 Å². The highest BCUT2D eigenvalue weighted by Crippen LogP contribution is 2.28. The van der Waals surface area contributed by atoms with Crippen LogP contribution in [-0.4, -0.2) is 38.4 Å². The Morgan fingerprint density at radius 2 is 2.10 bits per heavy atom. The van der Waals surface area contributed by atoms with E-state index >= 15 is 0 Å². The van der Waals surface area contributed by atoms with Crippen LogP contribution in [0.25, 0.3) is 0 Å². The first kappa shape index (κ1) is 19.6. The molecule has 6 heteroatoms. The standard InChI is InChI=1S/C23H25ClN4O/c1-16-12-17(13-18-6-3-4-8-20(18)24)14-21(26-16)19-7-5-10-28(15-19)23(29)22-25-9-11-27(22)2/h3-4,6,8-9,11-12,14,19H,5,7,10,13,15H2,1-2H3/t19-/m1/s1. The first-order chi connectivity index (χ1) is 14.0. The molecule has 3 heterocycles. The van der Waals surface area contributed by atoms with Crippen molar-refractivity contribution in [1.29, 1.82) is 0 Å². The molecular weight excluding hydrogens is 384 g/mol. The van der Waals surface area contributed by atoms with Crippen LogP contribution in [0.3, 0.4) is 0 Å². The largest absolute Gasteiger partial charge is 0.335 e. The summed E-state index contributed by atoms with van der Waals surface area (Å²) in [5.74, 6) is 0.714. The molecule has 0 N–H and O–H groups in total. The van der Waals surface area contributed by atoms with Gasteiger partial charge in [-0.2, -0.15) is 0 Å². The zero-order valence-electron chi connectivity index (χ0n) is 16.8. The maximum Gasteiger partial charge on any atom is 0.289 e. The van der Waals surface area contributed by atoms with Crippen LogP contribution >= 0.6 is 11.6 Å². The van der Waals surface area contributed by atoms with Gasteiger partial charge in [0.25, 0.3) is 5.91 Å². The number of carbonyl (C=O) groups excluding carboxylic acids is 1. The van der Waals surface area contributed by atoms with Crippen molar-refractivity contribution >= 4 is 17.5 Å². The molecule has 1 amide bonds. The Balaban J connectivity index is 1.54. The number of likely N-dealkylation sites (tertiary alicyclic amines) is 1. The molecule has 0 bridgehead atoms. The fraction of sp³-hybridized carbons (Fsp3) is 0.348. The first-order valence-electron chi connectivity index (χ1n) is 9.98. The lowest BCUT2D eigenvalue weighted by Gasteiger charge is -2.32. The number of benzene rings is 1. The number of hydrogen-bond donors (Lipinski definition) is 0. The van der Waals surface area contributed by atoms with Gasteiger partial charge in [-0.15, -0.1) is 0 Å². The van der Waals surface area contributed by atoms with E-state index < -0.39 is 0 Å². The van der Waals surface area contributed by atoms with Crippen LogP contribution in [0, 0.1) is 6.92 Å². The number of amides is 1. The maximum atomic E-state index is 12.9. The monoisotopic (exact) mass is 408 g/mol. The third kappa shape index (κ3) is 4.35. The third-order valence-corrected chi connectivity index (χ3v) is 5.89. The lowest BCUT2D eigenvalue weighted by Crippen LogP contribution is -2.40. The van der Waals surface area contributed by atoms with E-state index in [0.717, 1.165) is 47.8 Å². The van der Waals surface area contributed by atoms with Crippen LogP contribution < -0.4 is 0 Å². The summed E-state index contributed by atoms with van der Waals surface area (Å²) in [7, 11) is 1.85. The average molecular weight is 409 g/mol. The van der Waals surface area contributed by atoms with E-state index in [-0.39, 0.29) is 11.8 Å². The Kier molecular flexibility index (Phi) is 5.67. The van der Waals surface area contributed by atoms with Gasteiger partial charge in [-0.05, 0) is 55.5 Å². The molecule has 1 saturated heterocycles. The van der Waals surface area contributed by atoms with E-state index in [0.29, 0.717) is 12.4 Å². The van der Waals surface area contributed by atoms with Gasteiger partial charge >= 0.3 is 0 Å². The molecule has 0 aliphatic carbocycles. The van der Waals surface area contributed by atoms with E-state index in [1.807, 2.05) is 37.1 Å². The minimum Gasteiger partial charge on any atom is -0.335 e. The number of hydrogen-bond acceptors (Lipinski definition) is 3. The number of rotatable bonds is 4. The van der Waals surface area contributed by atoms with Crippen LogP contribution in [0.1, 0.15) is 51.9 Å². The summed E-state index contributed by atoms with van der Waals surface area (Å²) in [6.45, 7) is 3.47. The van der Waals surface area contributed by atoms with Crippen molar-refractivity contribution < 1.29 is 4.79 Å². The van der Waals surface area contributed by atoms with Crippen molar-refractivity contribution in [2.24, 2.45) is 7.05 Å². The van der Waals surface area contributed by atoms with Crippen molar-refractivity contribution in [2.45, 2.75) is 32.1 Å². The van der Waals surface area contributed by atoms with Gasteiger partial charge < -0.3 is 9.47 Å². The molecular formula is C23H25ClN4O. The highest BCUT2D eigenvalue weighted by Gasteiger charge is 2.28. The predicted octanol–water partition coefficient (Wildman–Crippen LogP) is 4.39. The molecule has 1 aromatic carbocycles. The van der Waals surface area contributed by atoms with Crippen molar-refractivity contribution in [1.82, 2.24) is 19.4 Å². The van der Waals surface area contributed by atoms with Gasteiger partial charge in [0.2, 0.25) is 0 Å². The first-order valence-corrected chi connectivity index (χ1v) is 10.4. The minimum atomic E-state index is -0.00820. The highest BCUT2D eigenvalue weighted by molar-refractivity contribution is 6.31. The Hall–Kier alpha value is -2.66. The summed E-state index contributed by atoms with van der Waals surface area (Å²) >= 11 is 6.35. The van der Waals surface area contributed by atoms with Crippen molar-refractivity contribution in [3.63, 3.8) is 0 Å². The summed E-state index contributed by atoms with van der Waals surface area (Å²) in [6, 6.07) is 12.2. The van der Waals surface area contributed by atoms with E-state index in [4.69, 9.17) is 16.6 Å². The van der Waals surface area contributed by atoms with E-state index in [9.17, 15) is 4.79 Å². The van der Waals surface area contributed by atoms with Crippen LogP contribution in [0.15, 0.2) is 48.8 Å². The number of nitrogens with zero attached hydrogens (tertiary/aromatic N) is 4. The van der Waals surface area contributed by atoms with Crippen LogP contribution in [0.2, 0.25) is 5.02 Å². The molecule has 2 aromatic heterocycles. The Morgan fingerprint density at radius 3 is 2.86 bits per heavy atom. The van der Waals surface area contributed by atoms with Gasteiger partial charge in [0.05, 0.1) is 0 Å². The Labute approximate surface area is 176 Å². The molecule has 5 nitrogen and oxygen atoms in total. The number of pyridine rings is 1. The average Bonchev–Trinajstić information content (AvgIpc) is 3.15. The zero-order chi connectivity index (χ0) is 20.4. The smallest absolute Gasteiger partial charge is 0.289 e. The quantitative estimate of drug-likeness (QED) is 0.643. The summed E-state index contributed by atoms with van der Waals surface area (Å²) in [4.78, 5) is 23.8. The van der Waals surface area contributed by atoms with Crippen LogP contribution in [0.4, 0.5) is 0 Å². The van der Waals surface area contributed by atoms with Gasteiger partial charge in [0.15, 0.2) is 5.82 Å². The maximum absolute atomic E-state index is 12.9. The molecule has 3 aromatic rings. The second-order valence-electron chi connectivity index (χ2n) is 7.76. The molecule has 1 fully saturated rings. The Bertz CT molecular complexity index is 1030. The fourth-order valence-electron chi connectivity index (χ4n) is 4.06. The van der Waals surface area contributed by atoms with Gasteiger partial charge in [-0.25, -0.2) is 4.98 Å². The van der Waals surface area contributed by atoms with Gasteiger partial charge in [-0.1, -0.05) is 29.8 Å². The zero-order valence-corrected chi connectivity index (χ0v) is 17.6. The van der Waals surface area contributed by atoms with E-state index in [2.05, 4.69) is 23.2 Å². The molecule has 29 heavy (non-hydrogen) atoms. The van der Waals surface area contributed by atoms with Crippen LogP contribution in [-0.2, 0) is 13.5 Å². The molecule has 0 unspecified atom stereocenters. The normalized spacial score (nSPS) is 16.8. The fourth-order valence-corrected chi connectivity index (χ4v) is 4.26. The summed E-state index contributed by atoms with van der Waals surface area (Å²) < 4.78 is 1.78. The summed E-state index contributed by atoms with van der Waals surface area (Å²) in [5, 5.41) is 0.785. The SMILES string of the molecule is Cc1cc(Cc2ccccc2Cl)cc([C@@H]2CCCN(C(=O)c3nccn3C)C2)n1. The third-order valence-electron chi connectivity index (χ3n) is 5.52. The van der Waals surface area contributed by atoms with Crippen molar-refractivity contribution in [3.05, 3.63) is 82.2 Å². The molecule has 1 aliphatic heterocycles. The number of aromatic nitrogens is 3. The number of carbonyl (C=O) groups is 1. The van der Waals surface area contributed by atoms with Crippen molar-refractivity contribution in [3.8, 4) is 0 Å². The lowest BCUT2D eigenvalue weighted by molar-refractivity contribution is 0.0690. The van der Waals surface area contributed by atoms with Gasteiger partial charge in [0, 0.05) is 54.9 Å². The molecule has 0 spiro atoms. The lowest BCUT2D eigenvalue weighted by atomic mass is 9.92. The number of halogens is 1. The molecule has 1 aliphatic rings. The highest BCUT2D eigenvalue weighted by atomic mass is 35.5. The number of aryl methyl sites for hydroxylation is 2. The molecule has 4 rings (SSSR count). The molecule has 150 valence electrons. The summed E-state index contributed by atoms with van der Waals surface area (Å²) in [5.41, 5.74) is 4.37. The summed E-state index contributed by atoms with van der Waals surface area (Å²) in [6.07, 6.45) is 6.25. The van der Waals surface area contributed by atoms with Crippen molar-refractivity contribution in [2.75, 3.05) is 13.1 Å². The second kappa shape index (κ2) is 8.37. The number of imidazole rings is 1. The van der Waals surface area contributed by atoms with E-state index in [1.165, 1.54) is 5.56 Å². The molecule has 0 radical (unpaired) electrons. The second-order valence-corrected chi connectivity index (χ2v) is 8.17. The minimum absolute atomic E-state index is 0.00820. The van der Waals surface area contributed by atoms with Crippen LogP contribution in [0.5, 0.6) is 0 Å². The molecule has 0 saturated carbocycles. The predicted molar refractivity (Wildman–Crippen MR) is 114 cm³/mol. The topological polar surface area (TPSA) is 51.0 Å². The van der Waals surface area contributed by atoms with Gasteiger partial charge in [0.1, 0.15) is 0 Å². The van der Waals surface area contributed by atoms with E-state index in [1.54, 1.807) is 17.0 Å². The Morgan fingerprint density at radius 1 is 1.28 bits per heavy atom. The number of piperidine rings is 1.